The standard InChI is InChI=1S/C16H34/c1-8-13(7)16(12(5)6)15(11-4)14(9-2)10-3/h12-16H,8-11H2,1-7H3. The van der Waals surface area contributed by atoms with Gasteiger partial charge in [-0.1, -0.05) is 74.1 Å². The molecular formula is C16H34. The SMILES string of the molecule is CCC(C)C(C(C)C)C(CC)C(CC)CC. The highest BCUT2D eigenvalue weighted by atomic mass is 14.4. The summed E-state index contributed by atoms with van der Waals surface area (Å²) >= 11 is 0. The molecule has 0 radical (unpaired) electrons. The van der Waals surface area contributed by atoms with Gasteiger partial charge in [-0.15, -0.1) is 0 Å². The van der Waals surface area contributed by atoms with Crippen molar-refractivity contribution >= 4 is 0 Å². The fourth-order valence-corrected chi connectivity index (χ4v) is 3.66. The van der Waals surface area contributed by atoms with Crippen LogP contribution in [-0.4, -0.2) is 0 Å². The Hall–Kier alpha value is 0. The molecule has 0 N–H and O–H groups in total. The summed E-state index contributed by atoms with van der Waals surface area (Å²) in [7, 11) is 0. The molecule has 0 saturated heterocycles. The Bertz CT molecular complexity index is 155. The van der Waals surface area contributed by atoms with Gasteiger partial charge in [0.05, 0.1) is 0 Å². The third-order valence-corrected chi connectivity index (χ3v) is 4.69. The zero-order chi connectivity index (χ0) is 12.7. The fraction of sp³-hybridized carbons (Fsp3) is 1.00. The van der Waals surface area contributed by atoms with E-state index in [1.807, 2.05) is 0 Å². The Kier molecular flexibility index (Phi) is 8.14. The number of hydrogen-bond acceptors (Lipinski definition) is 0. The maximum absolute atomic E-state index is 2.45. The first-order valence-corrected chi connectivity index (χ1v) is 7.53. The molecular weight excluding hydrogens is 192 g/mol. The van der Waals surface area contributed by atoms with E-state index in [0.717, 1.165) is 29.6 Å². The molecule has 0 heteroatoms. The van der Waals surface area contributed by atoms with Crippen LogP contribution >= 0.6 is 0 Å². The molecule has 0 heterocycles. The zero-order valence-corrected chi connectivity index (χ0v) is 12.7. The number of hydrogen-bond donors (Lipinski definition) is 0. The van der Waals surface area contributed by atoms with Crippen LogP contribution in [0.25, 0.3) is 0 Å². The topological polar surface area (TPSA) is 0 Å². The van der Waals surface area contributed by atoms with E-state index >= 15 is 0 Å². The van der Waals surface area contributed by atoms with Gasteiger partial charge < -0.3 is 0 Å². The third-order valence-electron chi connectivity index (χ3n) is 4.69. The molecule has 0 aromatic rings. The van der Waals surface area contributed by atoms with Gasteiger partial charge in [-0.05, 0) is 29.6 Å². The van der Waals surface area contributed by atoms with Gasteiger partial charge in [-0.3, -0.25) is 0 Å². The van der Waals surface area contributed by atoms with Crippen LogP contribution in [0.1, 0.15) is 74.1 Å². The summed E-state index contributed by atoms with van der Waals surface area (Å²) in [5.41, 5.74) is 0. The lowest BCUT2D eigenvalue weighted by Crippen LogP contribution is -2.31. The Labute approximate surface area is 104 Å². The molecule has 3 unspecified atom stereocenters. The van der Waals surface area contributed by atoms with Crippen molar-refractivity contribution in [3.8, 4) is 0 Å². The van der Waals surface area contributed by atoms with Crippen molar-refractivity contribution in [1.29, 1.82) is 0 Å². The summed E-state index contributed by atoms with van der Waals surface area (Å²) in [6.45, 7) is 16.8. The van der Waals surface area contributed by atoms with E-state index in [-0.39, 0.29) is 0 Å². The van der Waals surface area contributed by atoms with E-state index in [4.69, 9.17) is 0 Å². The minimum atomic E-state index is 0.834. The van der Waals surface area contributed by atoms with Gasteiger partial charge in [0.25, 0.3) is 0 Å². The summed E-state index contributed by atoms with van der Waals surface area (Å²) in [6, 6.07) is 0. The van der Waals surface area contributed by atoms with Crippen molar-refractivity contribution < 1.29 is 0 Å². The Balaban J connectivity index is 4.82. The first-order chi connectivity index (χ1) is 7.53. The van der Waals surface area contributed by atoms with Gasteiger partial charge in [0.2, 0.25) is 0 Å². The Morgan fingerprint density at radius 3 is 1.44 bits per heavy atom. The summed E-state index contributed by atoms with van der Waals surface area (Å²) in [6.07, 6.45) is 5.41. The molecule has 3 atom stereocenters. The van der Waals surface area contributed by atoms with E-state index < -0.39 is 0 Å². The van der Waals surface area contributed by atoms with Crippen LogP contribution in [-0.2, 0) is 0 Å². The van der Waals surface area contributed by atoms with E-state index in [2.05, 4.69) is 48.5 Å². The molecule has 0 amide bonds. The van der Waals surface area contributed by atoms with Crippen molar-refractivity contribution in [1.82, 2.24) is 0 Å². The molecule has 0 aliphatic carbocycles. The smallest absolute Gasteiger partial charge is 0.0334 e. The maximum Gasteiger partial charge on any atom is -0.0334 e. The average molecular weight is 226 g/mol. The summed E-state index contributed by atoms with van der Waals surface area (Å²) < 4.78 is 0. The van der Waals surface area contributed by atoms with Crippen LogP contribution < -0.4 is 0 Å². The molecule has 0 aliphatic rings. The van der Waals surface area contributed by atoms with Crippen LogP contribution in [0.5, 0.6) is 0 Å². The van der Waals surface area contributed by atoms with Gasteiger partial charge in [0.1, 0.15) is 0 Å². The predicted molar refractivity (Wildman–Crippen MR) is 75.6 cm³/mol. The third kappa shape index (κ3) is 4.11. The zero-order valence-electron chi connectivity index (χ0n) is 12.7. The van der Waals surface area contributed by atoms with Crippen LogP contribution in [0.3, 0.4) is 0 Å². The molecule has 0 aromatic carbocycles. The monoisotopic (exact) mass is 226 g/mol. The Morgan fingerprint density at radius 2 is 1.19 bits per heavy atom. The van der Waals surface area contributed by atoms with Crippen molar-refractivity contribution in [3.63, 3.8) is 0 Å². The predicted octanol–water partition coefficient (Wildman–Crippen LogP) is 5.77. The number of rotatable bonds is 8. The molecule has 0 aliphatic heterocycles. The second kappa shape index (κ2) is 8.14. The van der Waals surface area contributed by atoms with Crippen molar-refractivity contribution in [2.75, 3.05) is 0 Å². The van der Waals surface area contributed by atoms with Crippen molar-refractivity contribution in [3.05, 3.63) is 0 Å². The molecule has 98 valence electrons. The molecule has 0 fully saturated rings. The first kappa shape index (κ1) is 16.0. The lowest BCUT2D eigenvalue weighted by molar-refractivity contribution is 0.108. The van der Waals surface area contributed by atoms with E-state index in [1.165, 1.54) is 25.7 Å². The van der Waals surface area contributed by atoms with Crippen LogP contribution in [0, 0.1) is 29.6 Å². The molecule has 0 nitrogen and oxygen atoms in total. The van der Waals surface area contributed by atoms with Gasteiger partial charge >= 0.3 is 0 Å². The van der Waals surface area contributed by atoms with Crippen LogP contribution in [0.4, 0.5) is 0 Å². The molecule has 0 rings (SSSR count). The van der Waals surface area contributed by atoms with Gasteiger partial charge in [0, 0.05) is 0 Å². The van der Waals surface area contributed by atoms with Crippen molar-refractivity contribution in [2.45, 2.75) is 74.1 Å². The summed E-state index contributed by atoms with van der Waals surface area (Å²) in [5.74, 6) is 4.50. The summed E-state index contributed by atoms with van der Waals surface area (Å²) in [4.78, 5) is 0. The van der Waals surface area contributed by atoms with E-state index in [1.54, 1.807) is 0 Å². The largest absolute Gasteiger partial charge is 0.0651 e. The fourth-order valence-electron chi connectivity index (χ4n) is 3.66. The van der Waals surface area contributed by atoms with Gasteiger partial charge in [-0.2, -0.15) is 0 Å². The highest BCUT2D eigenvalue weighted by Gasteiger charge is 2.31. The summed E-state index contributed by atoms with van der Waals surface area (Å²) in [5, 5.41) is 0. The van der Waals surface area contributed by atoms with E-state index in [0.29, 0.717) is 0 Å². The van der Waals surface area contributed by atoms with E-state index in [9.17, 15) is 0 Å². The molecule has 0 saturated carbocycles. The normalized spacial score (nSPS) is 17.8. The highest BCUT2D eigenvalue weighted by molar-refractivity contribution is 4.80. The lowest BCUT2D eigenvalue weighted by atomic mass is 9.67. The maximum atomic E-state index is 2.45. The van der Waals surface area contributed by atoms with Gasteiger partial charge in [0.15, 0.2) is 0 Å². The van der Waals surface area contributed by atoms with Crippen LogP contribution in [0.15, 0.2) is 0 Å². The van der Waals surface area contributed by atoms with Crippen molar-refractivity contribution in [2.24, 2.45) is 29.6 Å². The van der Waals surface area contributed by atoms with Crippen LogP contribution in [0.2, 0.25) is 0 Å². The van der Waals surface area contributed by atoms with Gasteiger partial charge in [-0.25, -0.2) is 0 Å². The molecule has 0 aromatic heterocycles. The lowest BCUT2D eigenvalue weighted by Gasteiger charge is -2.38. The minimum absolute atomic E-state index is 0.834. The minimum Gasteiger partial charge on any atom is -0.0651 e. The quantitative estimate of drug-likeness (QED) is 0.493. The average Bonchev–Trinajstić information content (AvgIpc) is 2.27. The molecule has 0 bridgehead atoms. The Morgan fingerprint density at radius 1 is 0.688 bits per heavy atom. The first-order valence-electron chi connectivity index (χ1n) is 7.53. The highest BCUT2D eigenvalue weighted by Crippen LogP contribution is 2.39. The molecule has 16 heavy (non-hydrogen) atoms. The second-order valence-corrected chi connectivity index (χ2v) is 5.86. The second-order valence-electron chi connectivity index (χ2n) is 5.86. The molecule has 0 spiro atoms.